The van der Waals surface area contributed by atoms with Crippen molar-refractivity contribution in [3.63, 3.8) is 0 Å². The Kier molecular flexibility index (Phi) is 10.4. The van der Waals surface area contributed by atoms with Crippen LogP contribution in [-0.2, 0) is 9.53 Å². The van der Waals surface area contributed by atoms with E-state index >= 15 is 0 Å². The summed E-state index contributed by atoms with van der Waals surface area (Å²) in [5, 5.41) is 8.47. The number of unbranched alkanes of at least 4 members (excludes halogenated alkanes) is 5. The summed E-state index contributed by atoms with van der Waals surface area (Å²) in [7, 11) is 1.72. The van der Waals surface area contributed by atoms with Gasteiger partial charge in [0, 0.05) is 20.1 Å². The van der Waals surface area contributed by atoms with E-state index in [1.165, 1.54) is 19.3 Å². The number of hydrogen-bond donors (Lipinski definition) is 1. The summed E-state index contributed by atoms with van der Waals surface area (Å²) >= 11 is 0. The van der Waals surface area contributed by atoms with Gasteiger partial charge in [0.05, 0.1) is 0 Å². The molecule has 0 unspecified atom stereocenters. The van der Waals surface area contributed by atoms with Crippen LogP contribution in [0.4, 0.5) is 0 Å². The van der Waals surface area contributed by atoms with Gasteiger partial charge in [-0.15, -0.1) is 0 Å². The van der Waals surface area contributed by atoms with Crippen LogP contribution in [0, 0.1) is 0 Å². The molecule has 0 aliphatic rings. The van der Waals surface area contributed by atoms with Crippen molar-refractivity contribution in [2.24, 2.45) is 0 Å². The third kappa shape index (κ3) is 9.68. The van der Waals surface area contributed by atoms with Gasteiger partial charge in [0.25, 0.3) is 0 Å². The first-order valence-electron chi connectivity index (χ1n) is 5.42. The highest BCUT2D eigenvalue weighted by Gasteiger charge is 1.98. The zero-order chi connectivity index (χ0) is 10.6. The molecule has 3 heteroatoms. The lowest BCUT2D eigenvalue weighted by molar-refractivity contribution is -0.121. The van der Waals surface area contributed by atoms with E-state index in [1.807, 2.05) is 0 Å². The molecule has 0 saturated heterocycles. The fourth-order valence-corrected chi connectivity index (χ4v) is 1.35. The molecule has 0 aliphatic heterocycles. The minimum atomic E-state index is -0.298. The Bertz CT molecular complexity index is 134. The van der Waals surface area contributed by atoms with Gasteiger partial charge in [0.1, 0.15) is 6.61 Å². The third-order valence-electron chi connectivity index (χ3n) is 2.23. The van der Waals surface area contributed by atoms with Crippen LogP contribution in [0.2, 0.25) is 0 Å². The van der Waals surface area contributed by atoms with Crippen LogP contribution in [-0.4, -0.2) is 31.2 Å². The van der Waals surface area contributed by atoms with E-state index < -0.39 is 0 Å². The van der Waals surface area contributed by atoms with Crippen molar-refractivity contribution in [3.8, 4) is 0 Å². The summed E-state index contributed by atoms with van der Waals surface area (Å²) in [6.45, 7) is 0.552. The average molecular weight is 202 g/mol. The van der Waals surface area contributed by atoms with E-state index in [9.17, 15) is 4.79 Å². The second-order valence-corrected chi connectivity index (χ2v) is 3.56. The van der Waals surface area contributed by atoms with E-state index in [-0.39, 0.29) is 12.4 Å². The molecule has 0 rings (SSSR count). The molecule has 0 aliphatic carbocycles. The topological polar surface area (TPSA) is 46.5 Å². The van der Waals surface area contributed by atoms with Gasteiger partial charge in [-0.3, -0.25) is 4.79 Å². The molecule has 0 amide bonds. The maximum absolute atomic E-state index is 10.7. The van der Waals surface area contributed by atoms with Gasteiger partial charge in [-0.05, 0) is 12.8 Å². The highest BCUT2D eigenvalue weighted by Crippen LogP contribution is 2.07. The van der Waals surface area contributed by atoms with E-state index in [1.54, 1.807) is 7.11 Å². The number of aliphatic hydroxyl groups excluding tert-OH is 1. The average Bonchev–Trinajstić information content (AvgIpc) is 2.21. The van der Waals surface area contributed by atoms with E-state index in [0.29, 0.717) is 6.42 Å². The van der Waals surface area contributed by atoms with Gasteiger partial charge >= 0.3 is 0 Å². The first kappa shape index (κ1) is 13.6. The Morgan fingerprint density at radius 3 is 2.21 bits per heavy atom. The molecule has 0 heterocycles. The second kappa shape index (κ2) is 10.7. The highest BCUT2D eigenvalue weighted by molar-refractivity contribution is 5.79. The summed E-state index contributed by atoms with van der Waals surface area (Å²) in [4.78, 5) is 10.7. The van der Waals surface area contributed by atoms with Crippen molar-refractivity contribution < 1.29 is 14.6 Å². The number of rotatable bonds is 10. The largest absolute Gasteiger partial charge is 0.389 e. The summed E-state index contributed by atoms with van der Waals surface area (Å²) in [5.74, 6) is -0.0376. The summed E-state index contributed by atoms with van der Waals surface area (Å²) in [6.07, 6.45) is 7.30. The van der Waals surface area contributed by atoms with Crippen LogP contribution >= 0.6 is 0 Å². The molecular formula is C11H22O3. The van der Waals surface area contributed by atoms with Crippen LogP contribution in [0.15, 0.2) is 0 Å². The minimum Gasteiger partial charge on any atom is -0.389 e. The predicted molar refractivity (Wildman–Crippen MR) is 56.3 cm³/mol. The van der Waals surface area contributed by atoms with Crippen molar-refractivity contribution in [1.82, 2.24) is 0 Å². The van der Waals surface area contributed by atoms with Crippen LogP contribution in [0.5, 0.6) is 0 Å². The molecule has 0 aromatic heterocycles. The molecule has 0 saturated carbocycles. The molecule has 0 aromatic rings. The van der Waals surface area contributed by atoms with Gasteiger partial charge in [-0.25, -0.2) is 0 Å². The van der Waals surface area contributed by atoms with Gasteiger partial charge in [-0.2, -0.15) is 0 Å². The summed E-state index contributed by atoms with van der Waals surface area (Å²) in [6, 6.07) is 0. The number of Topliss-reactive ketones (excluding diaryl/α,β-unsaturated/α-hetero) is 1. The first-order chi connectivity index (χ1) is 6.81. The molecule has 0 aromatic carbocycles. The van der Waals surface area contributed by atoms with Gasteiger partial charge in [0.15, 0.2) is 5.78 Å². The molecule has 14 heavy (non-hydrogen) atoms. The van der Waals surface area contributed by atoms with Crippen LogP contribution < -0.4 is 0 Å². The first-order valence-corrected chi connectivity index (χ1v) is 5.42. The number of carbonyl (C=O) groups is 1. The lowest BCUT2D eigenvalue weighted by Gasteiger charge is -2.00. The SMILES string of the molecule is COCCCCCCCCC(=O)CO. The third-order valence-corrected chi connectivity index (χ3v) is 2.23. The minimum absolute atomic E-state index is 0.0376. The lowest BCUT2D eigenvalue weighted by Crippen LogP contribution is -2.02. The van der Waals surface area contributed by atoms with E-state index in [4.69, 9.17) is 9.84 Å². The van der Waals surface area contributed by atoms with Crippen molar-refractivity contribution in [2.75, 3.05) is 20.3 Å². The van der Waals surface area contributed by atoms with E-state index in [0.717, 1.165) is 25.9 Å². The van der Waals surface area contributed by atoms with Crippen LogP contribution in [0.3, 0.4) is 0 Å². The van der Waals surface area contributed by atoms with Crippen molar-refractivity contribution in [3.05, 3.63) is 0 Å². The number of carbonyl (C=O) groups excluding carboxylic acids is 1. The van der Waals surface area contributed by atoms with Crippen LogP contribution in [0.1, 0.15) is 44.9 Å². The van der Waals surface area contributed by atoms with Gasteiger partial charge in [0.2, 0.25) is 0 Å². The Labute approximate surface area is 86.5 Å². The summed E-state index contributed by atoms with van der Waals surface area (Å²) < 4.78 is 4.94. The van der Waals surface area contributed by atoms with Gasteiger partial charge < -0.3 is 9.84 Å². The molecule has 3 nitrogen and oxygen atoms in total. The van der Waals surface area contributed by atoms with Gasteiger partial charge in [-0.1, -0.05) is 25.7 Å². The Morgan fingerprint density at radius 2 is 1.64 bits per heavy atom. The lowest BCUT2D eigenvalue weighted by atomic mass is 10.1. The highest BCUT2D eigenvalue weighted by atomic mass is 16.5. The molecule has 0 radical (unpaired) electrons. The molecule has 0 atom stereocenters. The number of methoxy groups -OCH3 is 1. The Hall–Kier alpha value is -0.410. The Balaban J connectivity index is 2.95. The zero-order valence-electron chi connectivity index (χ0n) is 9.13. The van der Waals surface area contributed by atoms with Crippen molar-refractivity contribution in [2.45, 2.75) is 44.9 Å². The summed E-state index contributed by atoms with van der Waals surface area (Å²) in [5.41, 5.74) is 0. The molecule has 0 bridgehead atoms. The fraction of sp³-hybridized carbons (Fsp3) is 0.909. The number of aliphatic hydroxyl groups is 1. The fourth-order valence-electron chi connectivity index (χ4n) is 1.35. The monoisotopic (exact) mass is 202 g/mol. The number of hydrogen-bond acceptors (Lipinski definition) is 3. The molecular weight excluding hydrogens is 180 g/mol. The molecule has 1 N–H and O–H groups in total. The van der Waals surface area contributed by atoms with E-state index in [2.05, 4.69) is 0 Å². The molecule has 0 spiro atoms. The number of ketones is 1. The normalized spacial score (nSPS) is 10.4. The second-order valence-electron chi connectivity index (χ2n) is 3.56. The van der Waals surface area contributed by atoms with Crippen LogP contribution in [0.25, 0.3) is 0 Å². The van der Waals surface area contributed by atoms with Crippen molar-refractivity contribution in [1.29, 1.82) is 0 Å². The number of ether oxygens (including phenoxy) is 1. The quantitative estimate of drug-likeness (QED) is 0.550. The van der Waals surface area contributed by atoms with Crippen molar-refractivity contribution >= 4 is 5.78 Å². The molecule has 0 fully saturated rings. The maximum Gasteiger partial charge on any atom is 0.158 e. The maximum atomic E-state index is 10.7. The predicted octanol–water partition coefficient (Wildman–Crippen LogP) is 1.92. The standard InChI is InChI=1S/C11H22O3/c1-14-9-7-5-3-2-4-6-8-11(13)10-12/h12H,2-10H2,1H3. The zero-order valence-corrected chi connectivity index (χ0v) is 9.13. The molecule has 84 valence electrons. The Morgan fingerprint density at radius 1 is 1.07 bits per heavy atom. The smallest absolute Gasteiger partial charge is 0.158 e.